The first-order valence-corrected chi connectivity index (χ1v) is 16.9. The minimum atomic E-state index is -0.112. The lowest BCUT2D eigenvalue weighted by Gasteiger charge is -2.27. The number of aromatic nitrogens is 6. The van der Waals surface area contributed by atoms with Crippen LogP contribution in [0.5, 0.6) is 11.5 Å². The van der Waals surface area contributed by atoms with E-state index >= 15 is 0 Å². The molecule has 2 amide bonds. The second-order valence-electron chi connectivity index (χ2n) is 12.6. The van der Waals surface area contributed by atoms with E-state index in [2.05, 4.69) is 20.5 Å². The van der Waals surface area contributed by atoms with E-state index in [9.17, 15) is 9.59 Å². The Morgan fingerprint density at radius 2 is 1.22 bits per heavy atom. The molecule has 51 heavy (non-hydrogen) atoms. The molecular formula is C37H36N8O6. The summed E-state index contributed by atoms with van der Waals surface area (Å²) in [5.41, 5.74) is 4.78. The normalized spacial score (nSPS) is 14.1. The van der Waals surface area contributed by atoms with Crippen molar-refractivity contribution in [3.8, 4) is 11.5 Å². The average Bonchev–Trinajstić information content (AvgIpc) is 3.96. The fraction of sp³-hybridized carbons (Fsp3) is 0.297. The van der Waals surface area contributed by atoms with E-state index < -0.39 is 0 Å². The summed E-state index contributed by atoms with van der Waals surface area (Å²) in [6.07, 6.45) is 1.07. The number of nitrogens with zero attached hydrogens (tertiary/aromatic N) is 8. The first-order chi connectivity index (χ1) is 25.0. The minimum absolute atomic E-state index is 0.0989. The highest BCUT2D eigenvalue weighted by Crippen LogP contribution is 2.24. The van der Waals surface area contributed by atoms with E-state index in [1.165, 1.54) is 0 Å². The molecule has 8 rings (SSSR count). The Bertz CT molecular complexity index is 2150. The van der Waals surface area contributed by atoms with Crippen LogP contribution in [0.15, 0.2) is 87.9 Å². The Hall–Kier alpha value is -6.18. The fourth-order valence-corrected chi connectivity index (χ4v) is 6.39. The third kappa shape index (κ3) is 6.98. The van der Waals surface area contributed by atoms with Crippen molar-refractivity contribution in [2.24, 2.45) is 0 Å². The third-order valence-corrected chi connectivity index (χ3v) is 9.08. The standard InChI is InChI=1S/C37H36N8O6/c1-25-32(22-43-15-17-45-35(37(43)47)20-28(39-45)24-49-30-10-6-3-7-11-30)33(41-50-25)13-12-31-18-26(40-51-31)21-42-14-16-44-34(36(42)46)19-27(38-44)23-48-29-8-4-2-5-9-29/h2-11,18-20H,12-17,21-24H2,1H3. The first-order valence-electron chi connectivity index (χ1n) is 16.9. The number of carbonyl (C=O) groups is 2. The van der Waals surface area contributed by atoms with Gasteiger partial charge in [-0.15, -0.1) is 0 Å². The molecule has 0 N–H and O–H groups in total. The van der Waals surface area contributed by atoms with E-state index in [1.54, 1.807) is 31.3 Å². The number of carbonyl (C=O) groups excluding carboxylic acids is 2. The van der Waals surface area contributed by atoms with Gasteiger partial charge in [0.25, 0.3) is 11.8 Å². The largest absolute Gasteiger partial charge is 0.487 e. The molecule has 0 radical (unpaired) electrons. The summed E-state index contributed by atoms with van der Waals surface area (Å²) >= 11 is 0. The van der Waals surface area contributed by atoms with Gasteiger partial charge in [0.15, 0.2) is 0 Å². The quantitative estimate of drug-likeness (QED) is 0.168. The van der Waals surface area contributed by atoms with E-state index in [-0.39, 0.29) is 25.0 Å². The molecule has 14 nitrogen and oxygen atoms in total. The third-order valence-electron chi connectivity index (χ3n) is 9.08. The van der Waals surface area contributed by atoms with Gasteiger partial charge in [0.1, 0.15) is 64.7 Å². The van der Waals surface area contributed by atoms with Crippen LogP contribution in [0.3, 0.4) is 0 Å². The average molecular weight is 689 g/mol. The van der Waals surface area contributed by atoms with Crippen LogP contribution in [0.1, 0.15) is 60.8 Å². The maximum atomic E-state index is 13.5. The van der Waals surface area contributed by atoms with Gasteiger partial charge in [-0.25, -0.2) is 0 Å². The Balaban J connectivity index is 0.853. The lowest BCUT2D eigenvalue weighted by Crippen LogP contribution is -2.40. The van der Waals surface area contributed by atoms with Crippen molar-refractivity contribution in [2.75, 3.05) is 13.1 Å². The van der Waals surface area contributed by atoms with Gasteiger partial charge in [0, 0.05) is 37.6 Å². The Kier molecular flexibility index (Phi) is 8.78. The zero-order chi connectivity index (χ0) is 34.7. The highest BCUT2D eigenvalue weighted by Gasteiger charge is 2.30. The number of para-hydroxylation sites is 2. The molecule has 6 aromatic rings. The van der Waals surface area contributed by atoms with E-state index in [0.29, 0.717) is 92.1 Å². The number of ether oxygens (including phenoxy) is 2. The Labute approximate surface area is 293 Å². The molecule has 0 saturated carbocycles. The number of hydrogen-bond acceptors (Lipinski definition) is 10. The molecule has 0 spiro atoms. The summed E-state index contributed by atoms with van der Waals surface area (Å²) in [5.74, 6) is 2.63. The fourth-order valence-electron chi connectivity index (χ4n) is 6.39. The summed E-state index contributed by atoms with van der Waals surface area (Å²) in [6, 6.07) is 24.5. The Morgan fingerprint density at radius 1 is 0.647 bits per heavy atom. The Morgan fingerprint density at radius 3 is 1.80 bits per heavy atom. The van der Waals surface area contributed by atoms with Gasteiger partial charge >= 0.3 is 0 Å². The van der Waals surface area contributed by atoms with Crippen molar-refractivity contribution in [3.05, 3.63) is 130 Å². The highest BCUT2D eigenvalue weighted by molar-refractivity contribution is 5.93. The number of benzene rings is 2. The molecule has 2 aromatic carbocycles. The monoisotopic (exact) mass is 688 g/mol. The summed E-state index contributed by atoms with van der Waals surface area (Å²) < 4.78 is 26.3. The molecule has 0 bridgehead atoms. The van der Waals surface area contributed by atoms with Crippen molar-refractivity contribution < 1.29 is 28.1 Å². The zero-order valence-corrected chi connectivity index (χ0v) is 28.1. The molecule has 6 heterocycles. The number of amides is 2. The van der Waals surface area contributed by atoms with Crippen LogP contribution in [0, 0.1) is 6.92 Å². The molecule has 2 aliphatic heterocycles. The van der Waals surface area contributed by atoms with Crippen molar-refractivity contribution in [2.45, 2.75) is 59.2 Å². The maximum absolute atomic E-state index is 13.5. The van der Waals surface area contributed by atoms with Gasteiger partial charge in [0.2, 0.25) is 0 Å². The summed E-state index contributed by atoms with van der Waals surface area (Å²) in [4.78, 5) is 30.4. The minimum Gasteiger partial charge on any atom is -0.487 e. The van der Waals surface area contributed by atoms with E-state index in [0.717, 1.165) is 22.8 Å². The van der Waals surface area contributed by atoms with Crippen LogP contribution < -0.4 is 9.47 Å². The smallest absolute Gasteiger partial charge is 0.272 e. The number of rotatable bonds is 13. The lowest BCUT2D eigenvalue weighted by atomic mass is 10.1. The number of fused-ring (bicyclic) bond motifs is 2. The van der Waals surface area contributed by atoms with Crippen LogP contribution in [0.2, 0.25) is 0 Å². The van der Waals surface area contributed by atoms with Crippen molar-refractivity contribution in [1.82, 2.24) is 39.7 Å². The number of aryl methyl sites for hydroxylation is 3. The maximum Gasteiger partial charge on any atom is 0.272 e. The van der Waals surface area contributed by atoms with Crippen molar-refractivity contribution >= 4 is 11.8 Å². The topological polar surface area (TPSA) is 147 Å². The molecule has 0 saturated heterocycles. The summed E-state index contributed by atoms with van der Waals surface area (Å²) in [7, 11) is 0. The van der Waals surface area contributed by atoms with Crippen molar-refractivity contribution in [3.63, 3.8) is 0 Å². The van der Waals surface area contributed by atoms with Crippen LogP contribution in [0.4, 0.5) is 0 Å². The van der Waals surface area contributed by atoms with Crippen LogP contribution in [-0.2, 0) is 52.2 Å². The van der Waals surface area contributed by atoms with Crippen LogP contribution in [0.25, 0.3) is 0 Å². The summed E-state index contributed by atoms with van der Waals surface area (Å²) in [5, 5.41) is 17.7. The van der Waals surface area contributed by atoms with Gasteiger partial charge in [-0.3, -0.25) is 19.0 Å². The molecule has 0 aliphatic carbocycles. The molecule has 4 aromatic heterocycles. The van der Waals surface area contributed by atoms with Crippen molar-refractivity contribution in [1.29, 1.82) is 0 Å². The molecule has 0 unspecified atom stereocenters. The number of hydrogen-bond donors (Lipinski definition) is 0. The van der Waals surface area contributed by atoms with Gasteiger partial charge in [-0.1, -0.05) is 46.7 Å². The zero-order valence-electron chi connectivity index (χ0n) is 28.1. The van der Waals surface area contributed by atoms with Gasteiger partial charge in [-0.05, 0) is 43.3 Å². The SMILES string of the molecule is Cc1onc(CCc2cc(CN3CCn4nc(COc5ccccc5)cc4C3=O)no2)c1CN1CCn2nc(COc3ccccc3)cc2C1=O. The van der Waals surface area contributed by atoms with E-state index in [4.69, 9.17) is 18.5 Å². The molecule has 0 atom stereocenters. The van der Waals surface area contributed by atoms with Crippen LogP contribution in [-0.4, -0.2) is 64.6 Å². The predicted octanol–water partition coefficient (Wildman–Crippen LogP) is 4.62. The molecule has 260 valence electrons. The van der Waals surface area contributed by atoms with E-state index in [1.807, 2.05) is 73.7 Å². The van der Waals surface area contributed by atoms with Gasteiger partial charge in [-0.2, -0.15) is 10.2 Å². The molecule has 2 aliphatic rings. The second kappa shape index (κ2) is 14.0. The summed E-state index contributed by atoms with van der Waals surface area (Å²) in [6.45, 7) is 5.30. The predicted molar refractivity (Wildman–Crippen MR) is 181 cm³/mol. The van der Waals surface area contributed by atoms with Crippen LogP contribution >= 0.6 is 0 Å². The molecular weight excluding hydrogens is 652 g/mol. The highest BCUT2D eigenvalue weighted by atomic mass is 16.5. The molecule has 14 heteroatoms. The molecule has 0 fully saturated rings. The second-order valence-corrected chi connectivity index (χ2v) is 12.6. The van der Waals surface area contributed by atoms with Gasteiger partial charge in [0.05, 0.1) is 31.9 Å². The lowest BCUT2D eigenvalue weighted by molar-refractivity contribution is 0.0673. The van der Waals surface area contributed by atoms with Gasteiger partial charge < -0.3 is 28.3 Å². The first kappa shape index (κ1) is 32.0.